The van der Waals surface area contributed by atoms with Gasteiger partial charge in [-0.2, -0.15) is 0 Å². The summed E-state index contributed by atoms with van der Waals surface area (Å²) in [5.41, 5.74) is 1.34. The molecule has 4 saturated heterocycles. The number of hydrogen-bond donors (Lipinski definition) is 0. The number of carbonyl (C=O) groups is 2. The molecule has 5 heteroatoms. The van der Waals surface area contributed by atoms with Gasteiger partial charge < -0.3 is 9.80 Å². The van der Waals surface area contributed by atoms with E-state index in [-0.39, 0.29) is 18.4 Å². The first-order valence-corrected chi connectivity index (χ1v) is 9.52. The van der Waals surface area contributed by atoms with Gasteiger partial charge in [0.15, 0.2) is 0 Å². The van der Waals surface area contributed by atoms with Crippen molar-refractivity contribution < 1.29 is 9.59 Å². The van der Waals surface area contributed by atoms with E-state index in [1.807, 2.05) is 4.90 Å². The van der Waals surface area contributed by atoms with Crippen LogP contribution in [-0.4, -0.2) is 65.3 Å². The summed E-state index contributed by atoms with van der Waals surface area (Å²) in [6, 6.07) is 11.0. The van der Waals surface area contributed by atoms with Crippen LogP contribution < -0.4 is 0 Å². The standard InChI is InChI=1S/C20H27N3O2/c24-19-7-4-10-21(19)15-20(25)23-13-17-8-9-18(14-23)22(12-17)11-16-5-2-1-3-6-16/h1-3,5-6,17-18H,4,7-15H2/t17-,18-/m0/s1. The van der Waals surface area contributed by atoms with Gasteiger partial charge >= 0.3 is 0 Å². The second kappa shape index (κ2) is 7.16. The molecular formula is C20H27N3O2. The van der Waals surface area contributed by atoms with Crippen molar-refractivity contribution in [3.63, 3.8) is 0 Å². The normalized spacial score (nSPS) is 27.0. The Kier molecular flexibility index (Phi) is 4.75. The third kappa shape index (κ3) is 3.71. The van der Waals surface area contributed by atoms with Gasteiger partial charge in [0.2, 0.25) is 11.8 Å². The second-order valence-corrected chi connectivity index (χ2v) is 7.73. The van der Waals surface area contributed by atoms with E-state index in [2.05, 4.69) is 35.2 Å². The lowest BCUT2D eigenvalue weighted by molar-refractivity contribution is -0.138. The van der Waals surface area contributed by atoms with Gasteiger partial charge in [0, 0.05) is 45.2 Å². The van der Waals surface area contributed by atoms with E-state index in [0.29, 0.717) is 18.4 Å². The zero-order valence-electron chi connectivity index (χ0n) is 14.8. The molecule has 5 rings (SSSR count). The highest BCUT2D eigenvalue weighted by Gasteiger charge is 2.37. The van der Waals surface area contributed by atoms with Crippen LogP contribution in [-0.2, 0) is 16.1 Å². The second-order valence-electron chi connectivity index (χ2n) is 7.73. The summed E-state index contributed by atoms with van der Waals surface area (Å²) in [5.74, 6) is 0.825. The molecule has 4 heterocycles. The van der Waals surface area contributed by atoms with Gasteiger partial charge in [-0.05, 0) is 30.7 Å². The maximum atomic E-state index is 12.7. The lowest BCUT2D eigenvalue weighted by atomic mass is 9.94. The van der Waals surface area contributed by atoms with E-state index in [1.54, 1.807) is 4.90 Å². The Morgan fingerprint density at radius 2 is 1.92 bits per heavy atom. The van der Waals surface area contributed by atoms with Crippen LogP contribution in [0.3, 0.4) is 0 Å². The molecule has 2 atom stereocenters. The molecule has 2 bridgehead atoms. The van der Waals surface area contributed by atoms with Crippen molar-refractivity contribution in [3.05, 3.63) is 35.9 Å². The van der Waals surface area contributed by atoms with Gasteiger partial charge in [-0.15, -0.1) is 0 Å². The van der Waals surface area contributed by atoms with E-state index in [1.165, 1.54) is 18.4 Å². The highest BCUT2D eigenvalue weighted by atomic mass is 16.2. The van der Waals surface area contributed by atoms with Gasteiger partial charge in [-0.1, -0.05) is 30.3 Å². The lowest BCUT2D eigenvalue weighted by Gasteiger charge is -2.36. The number of nitrogens with zero attached hydrogens (tertiary/aromatic N) is 3. The number of piperidine rings is 1. The Morgan fingerprint density at radius 1 is 1.08 bits per heavy atom. The number of fused-ring (bicyclic) bond motifs is 4. The molecule has 0 aromatic heterocycles. The van der Waals surface area contributed by atoms with E-state index in [9.17, 15) is 9.59 Å². The number of amides is 2. The molecule has 0 N–H and O–H groups in total. The van der Waals surface area contributed by atoms with Crippen LogP contribution in [0.1, 0.15) is 31.2 Å². The van der Waals surface area contributed by atoms with Crippen molar-refractivity contribution >= 4 is 11.8 Å². The number of hydrogen-bond acceptors (Lipinski definition) is 3. The first-order chi connectivity index (χ1) is 12.2. The third-order valence-corrected chi connectivity index (χ3v) is 5.91. The molecule has 4 fully saturated rings. The molecule has 1 aromatic carbocycles. The average Bonchev–Trinajstić information content (AvgIpc) is 2.83. The first kappa shape index (κ1) is 16.6. The Labute approximate surface area is 149 Å². The molecular weight excluding hydrogens is 314 g/mol. The van der Waals surface area contributed by atoms with Crippen molar-refractivity contribution in [2.45, 2.75) is 38.3 Å². The Hall–Kier alpha value is -1.88. The summed E-state index contributed by atoms with van der Waals surface area (Å²) in [6.07, 6.45) is 3.87. The van der Waals surface area contributed by atoms with E-state index in [0.717, 1.165) is 39.1 Å². The maximum Gasteiger partial charge on any atom is 0.242 e. The topological polar surface area (TPSA) is 43.9 Å². The maximum absolute atomic E-state index is 12.7. The molecule has 4 aliphatic heterocycles. The largest absolute Gasteiger partial charge is 0.339 e. The van der Waals surface area contributed by atoms with Crippen LogP contribution >= 0.6 is 0 Å². The molecule has 0 spiro atoms. The number of likely N-dealkylation sites (tertiary alicyclic amines) is 1. The van der Waals surface area contributed by atoms with Crippen molar-refractivity contribution in [1.29, 1.82) is 0 Å². The minimum Gasteiger partial charge on any atom is -0.339 e. The van der Waals surface area contributed by atoms with Gasteiger partial charge in [-0.25, -0.2) is 0 Å². The average molecular weight is 341 g/mol. The van der Waals surface area contributed by atoms with Crippen LogP contribution in [0.4, 0.5) is 0 Å². The van der Waals surface area contributed by atoms with Crippen LogP contribution in [0.25, 0.3) is 0 Å². The van der Waals surface area contributed by atoms with Crippen LogP contribution in [0.5, 0.6) is 0 Å². The van der Waals surface area contributed by atoms with Gasteiger partial charge in [0.05, 0.1) is 6.54 Å². The molecule has 4 aliphatic rings. The SMILES string of the molecule is O=C1CCCN1CC(=O)N1C[C@H]2CC[C@@H](C1)N(Cc1ccccc1)C2. The van der Waals surface area contributed by atoms with Crippen LogP contribution in [0.2, 0.25) is 0 Å². The monoisotopic (exact) mass is 341 g/mol. The fraction of sp³-hybridized carbons (Fsp3) is 0.600. The van der Waals surface area contributed by atoms with Crippen LogP contribution in [0.15, 0.2) is 30.3 Å². The molecule has 0 radical (unpaired) electrons. The molecule has 25 heavy (non-hydrogen) atoms. The minimum absolute atomic E-state index is 0.133. The van der Waals surface area contributed by atoms with E-state index in [4.69, 9.17) is 0 Å². The fourth-order valence-corrected chi connectivity index (χ4v) is 4.53. The van der Waals surface area contributed by atoms with Crippen molar-refractivity contribution in [2.24, 2.45) is 5.92 Å². The summed E-state index contributed by atoms with van der Waals surface area (Å²) in [6.45, 7) is 4.72. The quantitative estimate of drug-likeness (QED) is 0.838. The summed E-state index contributed by atoms with van der Waals surface area (Å²) in [4.78, 5) is 30.9. The van der Waals surface area contributed by atoms with E-state index < -0.39 is 0 Å². The molecule has 5 nitrogen and oxygen atoms in total. The lowest BCUT2D eigenvalue weighted by Crippen LogP contribution is -2.45. The zero-order chi connectivity index (χ0) is 17.2. The molecule has 0 aliphatic carbocycles. The number of benzene rings is 1. The van der Waals surface area contributed by atoms with Crippen molar-refractivity contribution in [3.8, 4) is 0 Å². The van der Waals surface area contributed by atoms with Crippen molar-refractivity contribution in [2.75, 3.05) is 32.7 Å². The summed E-state index contributed by atoms with van der Waals surface area (Å²) < 4.78 is 0. The van der Waals surface area contributed by atoms with E-state index >= 15 is 0 Å². The Morgan fingerprint density at radius 3 is 2.68 bits per heavy atom. The first-order valence-electron chi connectivity index (χ1n) is 9.52. The van der Waals surface area contributed by atoms with Gasteiger partial charge in [0.1, 0.15) is 0 Å². The zero-order valence-corrected chi connectivity index (χ0v) is 14.8. The Bertz CT molecular complexity index is 633. The number of carbonyl (C=O) groups excluding carboxylic acids is 2. The summed E-state index contributed by atoms with van der Waals surface area (Å²) in [5, 5.41) is 0. The minimum atomic E-state index is 0.133. The smallest absolute Gasteiger partial charge is 0.242 e. The van der Waals surface area contributed by atoms with Crippen molar-refractivity contribution in [1.82, 2.24) is 14.7 Å². The predicted molar refractivity (Wildman–Crippen MR) is 95.8 cm³/mol. The molecule has 2 amide bonds. The highest BCUT2D eigenvalue weighted by Crippen LogP contribution is 2.29. The third-order valence-electron chi connectivity index (χ3n) is 5.91. The number of rotatable bonds is 4. The van der Waals surface area contributed by atoms with Gasteiger partial charge in [0.25, 0.3) is 0 Å². The highest BCUT2D eigenvalue weighted by molar-refractivity contribution is 5.86. The molecule has 1 aromatic rings. The predicted octanol–water partition coefficient (Wildman–Crippen LogP) is 1.73. The van der Waals surface area contributed by atoms with Gasteiger partial charge in [-0.3, -0.25) is 14.5 Å². The van der Waals surface area contributed by atoms with Crippen LogP contribution in [0, 0.1) is 5.92 Å². The summed E-state index contributed by atoms with van der Waals surface area (Å²) in [7, 11) is 0. The molecule has 134 valence electrons. The summed E-state index contributed by atoms with van der Waals surface area (Å²) >= 11 is 0. The molecule has 0 saturated carbocycles. The molecule has 0 unspecified atom stereocenters. The fourth-order valence-electron chi connectivity index (χ4n) is 4.53. The Balaban J connectivity index is 1.40.